The maximum Gasteiger partial charge on any atom is 0.169 e. The monoisotopic (exact) mass is 354 g/mol. The molecule has 2 heterocycles. The first-order valence-electron chi connectivity index (χ1n) is 8.43. The van der Waals surface area contributed by atoms with Crippen molar-refractivity contribution < 1.29 is 9.64 Å². The maximum absolute atomic E-state index is 5.94. The fraction of sp³-hybridized carbons (Fsp3) is 0.588. The van der Waals surface area contributed by atoms with Crippen LogP contribution in [0.4, 0.5) is 0 Å². The molecule has 1 aromatic carbocycles. The van der Waals surface area contributed by atoms with Crippen LogP contribution in [0.3, 0.4) is 0 Å². The van der Waals surface area contributed by atoms with E-state index in [0.717, 1.165) is 62.4 Å². The second-order valence-corrected chi connectivity index (χ2v) is 7.18. The predicted molar refractivity (Wildman–Crippen MR) is 97.0 cm³/mol. The van der Waals surface area contributed by atoms with Crippen molar-refractivity contribution in [3.8, 4) is 0 Å². The largest absolute Gasteiger partial charge is 0.376 e. The summed E-state index contributed by atoms with van der Waals surface area (Å²) in [7, 11) is 0. The second-order valence-electron chi connectivity index (χ2n) is 6.36. The molecule has 0 unspecified atom stereocenters. The van der Waals surface area contributed by atoms with Crippen molar-refractivity contribution in [3.63, 3.8) is 0 Å². The molecule has 2 saturated heterocycles. The summed E-state index contributed by atoms with van der Waals surface area (Å²) < 4.78 is 5.63. The zero-order valence-corrected chi connectivity index (χ0v) is 15.0. The van der Waals surface area contributed by atoms with E-state index in [0.29, 0.717) is 6.10 Å². The number of rotatable bonds is 4. The van der Waals surface area contributed by atoms with E-state index >= 15 is 0 Å². The van der Waals surface area contributed by atoms with E-state index in [4.69, 9.17) is 28.6 Å². The SMILES string of the molecule is S=C(NC[C@@H]1CCCO1)N1CC[NH+](Cc2ccc(Cl)cc2)CC1. The number of hydrogen-bond donors (Lipinski definition) is 2. The normalized spacial score (nSPS) is 22.3. The quantitative estimate of drug-likeness (QED) is 0.792. The lowest BCUT2D eigenvalue weighted by atomic mass is 10.2. The summed E-state index contributed by atoms with van der Waals surface area (Å²) in [6, 6.07) is 8.18. The lowest BCUT2D eigenvalue weighted by molar-refractivity contribution is -0.917. The third-order valence-corrected chi connectivity index (χ3v) is 5.28. The minimum absolute atomic E-state index is 0.338. The van der Waals surface area contributed by atoms with Crippen LogP contribution in [0.1, 0.15) is 18.4 Å². The van der Waals surface area contributed by atoms with E-state index in [1.54, 1.807) is 4.90 Å². The number of nitrogens with one attached hydrogen (secondary N) is 2. The van der Waals surface area contributed by atoms with Crippen molar-refractivity contribution in [1.82, 2.24) is 10.2 Å². The number of nitrogens with zero attached hydrogens (tertiary/aromatic N) is 1. The zero-order valence-electron chi connectivity index (χ0n) is 13.4. The van der Waals surface area contributed by atoms with Crippen molar-refractivity contribution in [1.29, 1.82) is 0 Å². The van der Waals surface area contributed by atoms with Crippen LogP contribution in [-0.2, 0) is 11.3 Å². The Bertz CT molecular complexity index is 511. The molecule has 2 fully saturated rings. The summed E-state index contributed by atoms with van der Waals surface area (Å²) in [4.78, 5) is 3.89. The fourth-order valence-corrected chi connectivity index (χ4v) is 3.60. The van der Waals surface area contributed by atoms with Crippen LogP contribution >= 0.6 is 23.8 Å². The van der Waals surface area contributed by atoms with Crippen molar-refractivity contribution in [2.75, 3.05) is 39.3 Å². The molecular weight excluding hydrogens is 330 g/mol. The number of halogens is 1. The van der Waals surface area contributed by atoms with E-state index < -0.39 is 0 Å². The lowest BCUT2D eigenvalue weighted by Crippen LogP contribution is -3.13. The highest BCUT2D eigenvalue weighted by Gasteiger charge is 2.23. The van der Waals surface area contributed by atoms with Crippen LogP contribution in [0.25, 0.3) is 0 Å². The van der Waals surface area contributed by atoms with Gasteiger partial charge in [0.25, 0.3) is 0 Å². The average molecular weight is 355 g/mol. The van der Waals surface area contributed by atoms with Crippen molar-refractivity contribution in [2.24, 2.45) is 0 Å². The van der Waals surface area contributed by atoms with Crippen molar-refractivity contribution in [3.05, 3.63) is 34.9 Å². The molecule has 4 nitrogen and oxygen atoms in total. The van der Waals surface area contributed by atoms with Crippen molar-refractivity contribution in [2.45, 2.75) is 25.5 Å². The Morgan fingerprint density at radius 2 is 2.04 bits per heavy atom. The molecule has 23 heavy (non-hydrogen) atoms. The Kier molecular flexibility index (Phi) is 6.11. The molecule has 2 aliphatic rings. The van der Waals surface area contributed by atoms with Gasteiger partial charge in [0, 0.05) is 23.7 Å². The number of benzene rings is 1. The van der Waals surface area contributed by atoms with Crippen LogP contribution in [0.15, 0.2) is 24.3 Å². The summed E-state index contributed by atoms with van der Waals surface area (Å²) in [5.41, 5.74) is 1.34. The number of thiocarbonyl (C=S) groups is 1. The molecule has 2 aliphatic heterocycles. The van der Waals surface area contributed by atoms with Gasteiger partial charge in [0.05, 0.1) is 32.3 Å². The van der Waals surface area contributed by atoms with Gasteiger partial charge in [0.2, 0.25) is 0 Å². The molecule has 6 heteroatoms. The molecule has 0 aliphatic carbocycles. The maximum atomic E-state index is 5.94. The van der Waals surface area contributed by atoms with Gasteiger partial charge in [-0.2, -0.15) is 0 Å². The van der Waals surface area contributed by atoms with Gasteiger partial charge in [-0.05, 0) is 37.2 Å². The third kappa shape index (κ3) is 5.05. The van der Waals surface area contributed by atoms with Gasteiger partial charge in [-0.15, -0.1) is 0 Å². The van der Waals surface area contributed by atoms with Gasteiger partial charge in [-0.1, -0.05) is 23.7 Å². The number of piperazine rings is 1. The van der Waals surface area contributed by atoms with Crippen LogP contribution < -0.4 is 10.2 Å². The molecular formula is C17H25ClN3OS+. The highest BCUT2D eigenvalue weighted by atomic mass is 35.5. The molecule has 0 bridgehead atoms. The summed E-state index contributed by atoms with van der Waals surface area (Å²) >= 11 is 11.5. The van der Waals surface area contributed by atoms with Crippen LogP contribution in [0.5, 0.6) is 0 Å². The minimum Gasteiger partial charge on any atom is -0.376 e. The molecule has 2 N–H and O–H groups in total. The summed E-state index contributed by atoms with van der Waals surface area (Å²) in [6.07, 6.45) is 2.66. The van der Waals surface area contributed by atoms with Crippen LogP contribution in [0, 0.1) is 0 Å². The van der Waals surface area contributed by atoms with E-state index in [1.165, 1.54) is 12.0 Å². The van der Waals surface area contributed by atoms with Crippen molar-refractivity contribution >= 4 is 28.9 Å². The molecule has 3 rings (SSSR count). The standard InChI is InChI=1S/C17H24ClN3OS/c18-15-5-3-14(4-6-15)13-20-7-9-21(10-8-20)17(23)19-12-16-2-1-11-22-16/h3-6,16H,1-2,7-13H2,(H,19,23)/p+1/t16-/m0/s1. The highest BCUT2D eigenvalue weighted by Crippen LogP contribution is 2.11. The van der Waals surface area contributed by atoms with Crippen LogP contribution in [-0.4, -0.2) is 55.4 Å². The smallest absolute Gasteiger partial charge is 0.169 e. The molecule has 0 spiro atoms. The average Bonchev–Trinajstić information content (AvgIpc) is 3.09. The first-order valence-corrected chi connectivity index (χ1v) is 9.22. The molecule has 0 aromatic heterocycles. The third-order valence-electron chi connectivity index (χ3n) is 4.63. The minimum atomic E-state index is 0.338. The zero-order chi connectivity index (χ0) is 16.1. The van der Waals surface area contributed by atoms with E-state index in [1.807, 2.05) is 12.1 Å². The van der Waals surface area contributed by atoms with Gasteiger partial charge in [0.15, 0.2) is 5.11 Å². The Hall–Kier alpha value is -0.880. The van der Waals surface area contributed by atoms with E-state index in [-0.39, 0.29) is 0 Å². The van der Waals surface area contributed by atoms with Gasteiger partial charge < -0.3 is 19.9 Å². The number of quaternary nitrogens is 1. The fourth-order valence-electron chi connectivity index (χ4n) is 3.21. The van der Waals surface area contributed by atoms with Gasteiger partial charge in [-0.25, -0.2) is 0 Å². The molecule has 0 saturated carbocycles. The predicted octanol–water partition coefficient (Wildman–Crippen LogP) is 1.09. The summed E-state index contributed by atoms with van der Waals surface area (Å²) in [5.74, 6) is 0. The topological polar surface area (TPSA) is 28.9 Å². The Morgan fingerprint density at radius 1 is 1.30 bits per heavy atom. The van der Waals surface area contributed by atoms with Crippen LogP contribution in [0.2, 0.25) is 5.02 Å². The number of ether oxygens (including phenoxy) is 1. The summed E-state index contributed by atoms with van der Waals surface area (Å²) in [5, 5.41) is 5.06. The molecule has 126 valence electrons. The first kappa shape index (κ1) is 17.0. The molecule has 0 radical (unpaired) electrons. The van der Waals surface area contributed by atoms with E-state index in [9.17, 15) is 0 Å². The van der Waals surface area contributed by atoms with Gasteiger partial charge in [-0.3, -0.25) is 0 Å². The molecule has 0 amide bonds. The lowest BCUT2D eigenvalue weighted by Gasteiger charge is -2.34. The molecule has 1 atom stereocenters. The Labute approximate surface area is 148 Å². The Morgan fingerprint density at radius 3 is 2.70 bits per heavy atom. The second kappa shape index (κ2) is 8.29. The summed E-state index contributed by atoms with van der Waals surface area (Å²) in [6.45, 7) is 7.05. The number of hydrogen-bond acceptors (Lipinski definition) is 2. The Balaban J connectivity index is 1.39. The molecule has 1 aromatic rings. The first-order chi connectivity index (χ1) is 11.2. The van der Waals surface area contributed by atoms with E-state index in [2.05, 4.69) is 22.3 Å². The van der Waals surface area contributed by atoms with Gasteiger partial charge >= 0.3 is 0 Å². The highest BCUT2D eigenvalue weighted by molar-refractivity contribution is 7.80. The van der Waals surface area contributed by atoms with Gasteiger partial charge in [0.1, 0.15) is 6.54 Å².